The van der Waals surface area contributed by atoms with Gasteiger partial charge in [0.05, 0.1) is 16.9 Å². The Hall–Kier alpha value is -3.37. The molecule has 0 atom stereocenters. The Labute approximate surface area is 161 Å². The van der Waals surface area contributed by atoms with E-state index in [4.69, 9.17) is 16.3 Å². The Bertz CT molecular complexity index is 1050. The van der Waals surface area contributed by atoms with E-state index in [0.717, 1.165) is 16.8 Å². The Morgan fingerprint density at radius 1 is 0.852 bits per heavy atom. The van der Waals surface area contributed by atoms with E-state index in [0.29, 0.717) is 16.3 Å². The second-order valence-electron chi connectivity index (χ2n) is 5.85. The Morgan fingerprint density at radius 2 is 1.48 bits per heavy atom. The van der Waals surface area contributed by atoms with Crippen LogP contribution in [0.15, 0.2) is 91.1 Å². The molecule has 0 aliphatic carbocycles. The van der Waals surface area contributed by atoms with Crippen LogP contribution in [-0.2, 0) is 0 Å². The van der Waals surface area contributed by atoms with E-state index in [1.165, 1.54) is 4.90 Å². The molecule has 0 spiro atoms. The quantitative estimate of drug-likeness (QED) is 0.427. The zero-order valence-corrected chi connectivity index (χ0v) is 15.0. The molecular formula is C22H15ClN2O2. The maximum atomic E-state index is 13.1. The second-order valence-corrected chi connectivity index (χ2v) is 6.28. The number of aromatic nitrogens is 1. The molecule has 27 heavy (non-hydrogen) atoms. The van der Waals surface area contributed by atoms with Crippen molar-refractivity contribution in [3.63, 3.8) is 0 Å². The fourth-order valence-corrected chi connectivity index (χ4v) is 3.00. The summed E-state index contributed by atoms with van der Waals surface area (Å²) in [5, 5.41) is 1.30. The SMILES string of the molecule is O=C(Oc1ccnc2cc(Cl)ccc12)N(c1ccccc1)c1ccccc1. The van der Waals surface area contributed by atoms with Crippen molar-refractivity contribution in [1.29, 1.82) is 0 Å². The van der Waals surface area contributed by atoms with Gasteiger partial charge in [0, 0.05) is 16.6 Å². The van der Waals surface area contributed by atoms with Crippen molar-refractivity contribution in [2.24, 2.45) is 0 Å². The molecule has 0 aliphatic heterocycles. The summed E-state index contributed by atoms with van der Waals surface area (Å²) in [4.78, 5) is 18.9. The zero-order valence-electron chi connectivity index (χ0n) is 14.2. The molecule has 3 aromatic carbocycles. The van der Waals surface area contributed by atoms with Gasteiger partial charge >= 0.3 is 6.09 Å². The number of carbonyl (C=O) groups excluding carboxylic acids is 1. The number of amides is 1. The summed E-state index contributed by atoms with van der Waals surface area (Å²) >= 11 is 6.03. The summed E-state index contributed by atoms with van der Waals surface area (Å²) in [7, 11) is 0. The highest BCUT2D eigenvalue weighted by molar-refractivity contribution is 6.31. The lowest BCUT2D eigenvalue weighted by Crippen LogP contribution is -2.29. The van der Waals surface area contributed by atoms with E-state index in [-0.39, 0.29) is 0 Å². The summed E-state index contributed by atoms with van der Waals surface area (Å²) < 4.78 is 5.74. The highest BCUT2D eigenvalue weighted by Crippen LogP contribution is 2.30. The van der Waals surface area contributed by atoms with Crippen molar-refractivity contribution in [2.75, 3.05) is 4.90 Å². The smallest absolute Gasteiger partial charge is 0.409 e. The van der Waals surface area contributed by atoms with Crippen LogP contribution in [0.1, 0.15) is 0 Å². The average Bonchev–Trinajstić information content (AvgIpc) is 2.70. The van der Waals surface area contributed by atoms with Crippen LogP contribution in [0.3, 0.4) is 0 Å². The highest BCUT2D eigenvalue weighted by atomic mass is 35.5. The van der Waals surface area contributed by atoms with Crippen molar-refractivity contribution in [3.8, 4) is 5.75 Å². The molecular weight excluding hydrogens is 360 g/mol. The molecule has 0 saturated heterocycles. The molecule has 0 unspecified atom stereocenters. The third kappa shape index (κ3) is 3.61. The first-order valence-corrected chi connectivity index (χ1v) is 8.76. The number of benzene rings is 3. The van der Waals surface area contributed by atoms with E-state index in [1.54, 1.807) is 30.5 Å². The first kappa shape index (κ1) is 17.1. The fraction of sp³-hybridized carbons (Fsp3) is 0. The van der Waals surface area contributed by atoms with Gasteiger partial charge in [0.15, 0.2) is 0 Å². The predicted molar refractivity (Wildman–Crippen MR) is 108 cm³/mol. The summed E-state index contributed by atoms with van der Waals surface area (Å²) in [6.45, 7) is 0. The number of para-hydroxylation sites is 2. The third-order valence-corrected chi connectivity index (χ3v) is 4.31. The fourth-order valence-electron chi connectivity index (χ4n) is 2.84. The number of ether oxygens (including phenoxy) is 1. The van der Waals surface area contributed by atoms with Crippen LogP contribution in [0.2, 0.25) is 5.02 Å². The molecule has 1 amide bonds. The second kappa shape index (κ2) is 7.48. The van der Waals surface area contributed by atoms with Gasteiger partial charge in [-0.05, 0) is 48.5 Å². The van der Waals surface area contributed by atoms with Gasteiger partial charge in [-0.25, -0.2) is 9.69 Å². The maximum absolute atomic E-state index is 13.1. The Balaban J connectivity index is 1.73. The summed E-state index contributed by atoms with van der Waals surface area (Å²) in [5.41, 5.74) is 2.10. The van der Waals surface area contributed by atoms with Crippen LogP contribution < -0.4 is 9.64 Å². The van der Waals surface area contributed by atoms with Gasteiger partial charge in [-0.15, -0.1) is 0 Å². The minimum absolute atomic E-state index is 0.429. The number of halogens is 1. The molecule has 4 aromatic rings. The van der Waals surface area contributed by atoms with Crippen LogP contribution in [-0.4, -0.2) is 11.1 Å². The Kier molecular flexibility index (Phi) is 4.73. The molecule has 0 fully saturated rings. The lowest BCUT2D eigenvalue weighted by atomic mass is 10.2. The number of nitrogens with zero attached hydrogens (tertiary/aromatic N) is 2. The standard InChI is InChI=1S/C22H15ClN2O2/c23-16-11-12-19-20(15-16)24-14-13-21(19)27-22(26)25(17-7-3-1-4-8-17)18-9-5-2-6-10-18/h1-15H. The molecule has 132 valence electrons. The van der Waals surface area contributed by atoms with Crippen molar-refractivity contribution in [2.45, 2.75) is 0 Å². The Morgan fingerprint density at radius 3 is 2.11 bits per heavy atom. The van der Waals surface area contributed by atoms with Crippen LogP contribution in [0.25, 0.3) is 10.9 Å². The van der Waals surface area contributed by atoms with Gasteiger partial charge < -0.3 is 4.74 Å². The van der Waals surface area contributed by atoms with Gasteiger partial charge in [-0.2, -0.15) is 0 Å². The van der Waals surface area contributed by atoms with Gasteiger partial charge in [-0.3, -0.25) is 4.98 Å². The van der Waals surface area contributed by atoms with E-state index < -0.39 is 6.09 Å². The van der Waals surface area contributed by atoms with Gasteiger partial charge in [0.1, 0.15) is 5.75 Å². The van der Waals surface area contributed by atoms with Crippen molar-refractivity contribution < 1.29 is 9.53 Å². The third-order valence-electron chi connectivity index (χ3n) is 4.07. The van der Waals surface area contributed by atoms with Crippen molar-refractivity contribution in [3.05, 3.63) is 96.1 Å². The molecule has 1 heterocycles. The van der Waals surface area contributed by atoms with Gasteiger partial charge in [-0.1, -0.05) is 48.0 Å². The van der Waals surface area contributed by atoms with Gasteiger partial charge in [0.25, 0.3) is 0 Å². The molecule has 0 saturated carbocycles. The summed E-state index contributed by atoms with van der Waals surface area (Å²) in [6.07, 6.45) is 1.09. The first-order valence-electron chi connectivity index (χ1n) is 8.39. The normalized spacial score (nSPS) is 10.6. The van der Waals surface area contributed by atoms with Crippen LogP contribution >= 0.6 is 11.6 Å². The number of carbonyl (C=O) groups is 1. The molecule has 0 radical (unpaired) electrons. The van der Waals surface area contributed by atoms with Crippen LogP contribution in [0.5, 0.6) is 5.75 Å². The summed E-state index contributed by atoms with van der Waals surface area (Å²) in [5.74, 6) is 0.429. The van der Waals surface area contributed by atoms with Crippen LogP contribution in [0, 0.1) is 0 Å². The lowest BCUT2D eigenvalue weighted by molar-refractivity contribution is 0.211. The number of anilines is 2. The zero-order chi connectivity index (χ0) is 18.6. The maximum Gasteiger partial charge on any atom is 0.424 e. The molecule has 4 nitrogen and oxygen atoms in total. The van der Waals surface area contributed by atoms with Gasteiger partial charge in [0.2, 0.25) is 0 Å². The topological polar surface area (TPSA) is 42.4 Å². The molecule has 5 heteroatoms. The van der Waals surface area contributed by atoms with E-state index in [2.05, 4.69) is 4.98 Å². The molecule has 1 aromatic heterocycles. The van der Waals surface area contributed by atoms with E-state index >= 15 is 0 Å². The molecule has 0 aliphatic rings. The predicted octanol–water partition coefficient (Wildman–Crippen LogP) is 6.23. The molecule has 4 rings (SSSR count). The molecule has 0 bridgehead atoms. The van der Waals surface area contributed by atoms with E-state index in [1.807, 2.05) is 60.7 Å². The minimum atomic E-state index is -0.505. The molecule has 0 N–H and O–H groups in total. The number of pyridine rings is 1. The lowest BCUT2D eigenvalue weighted by Gasteiger charge is -2.22. The van der Waals surface area contributed by atoms with Crippen LogP contribution in [0.4, 0.5) is 16.2 Å². The highest BCUT2D eigenvalue weighted by Gasteiger charge is 2.21. The van der Waals surface area contributed by atoms with Crippen molar-refractivity contribution in [1.82, 2.24) is 4.98 Å². The number of hydrogen-bond donors (Lipinski definition) is 0. The number of fused-ring (bicyclic) bond motifs is 1. The van der Waals surface area contributed by atoms with E-state index in [9.17, 15) is 4.79 Å². The average molecular weight is 375 g/mol. The largest absolute Gasteiger partial charge is 0.424 e. The summed E-state index contributed by atoms with van der Waals surface area (Å²) in [6, 6.07) is 25.7. The monoisotopic (exact) mass is 374 g/mol. The van der Waals surface area contributed by atoms with Crippen molar-refractivity contribution >= 4 is 40.0 Å². The first-order chi connectivity index (χ1) is 13.2. The number of hydrogen-bond acceptors (Lipinski definition) is 3. The number of rotatable bonds is 3. The minimum Gasteiger partial charge on any atom is -0.409 e.